The van der Waals surface area contributed by atoms with Gasteiger partial charge in [0.1, 0.15) is 5.82 Å². The second kappa shape index (κ2) is 5.72. The quantitative estimate of drug-likeness (QED) is 0.834. The maximum Gasteiger partial charge on any atom is 0.260 e. The molecule has 2 nitrogen and oxygen atoms in total. The fraction of sp³-hybridized carbons (Fsp3) is 0.0714. The summed E-state index contributed by atoms with van der Waals surface area (Å²) in [6.45, 7) is 1.90. The SMILES string of the molecule is Cc1ccc(Br)c(NC(=O)c2c(F)cccc2Cl)c1. The van der Waals surface area contributed by atoms with E-state index in [1.165, 1.54) is 18.2 Å². The van der Waals surface area contributed by atoms with E-state index in [-0.39, 0.29) is 10.6 Å². The molecule has 0 aliphatic rings. The zero-order valence-corrected chi connectivity index (χ0v) is 12.3. The molecule has 0 aromatic heterocycles. The van der Waals surface area contributed by atoms with E-state index < -0.39 is 11.7 Å². The van der Waals surface area contributed by atoms with E-state index in [2.05, 4.69) is 21.2 Å². The van der Waals surface area contributed by atoms with Crippen LogP contribution < -0.4 is 5.32 Å². The smallest absolute Gasteiger partial charge is 0.260 e. The number of hydrogen-bond acceptors (Lipinski definition) is 1. The maximum absolute atomic E-state index is 13.6. The Morgan fingerprint density at radius 2 is 2.05 bits per heavy atom. The van der Waals surface area contributed by atoms with Crippen molar-refractivity contribution in [2.24, 2.45) is 0 Å². The number of anilines is 1. The first-order valence-corrected chi connectivity index (χ1v) is 6.67. The average Bonchev–Trinajstić information content (AvgIpc) is 2.33. The van der Waals surface area contributed by atoms with Gasteiger partial charge in [-0.05, 0) is 52.7 Å². The summed E-state index contributed by atoms with van der Waals surface area (Å²) in [7, 11) is 0. The first-order valence-electron chi connectivity index (χ1n) is 5.50. The molecule has 0 aliphatic heterocycles. The molecule has 1 amide bonds. The van der Waals surface area contributed by atoms with Crippen molar-refractivity contribution >= 4 is 39.1 Å². The second-order valence-corrected chi connectivity index (χ2v) is 5.30. The maximum atomic E-state index is 13.6. The van der Waals surface area contributed by atoms with Crippen molar-refractivity contribution in [3.05, 3.63) is 62.8 Å². The molecule has 19 heavy (non-hydrogen) atoms. The standard InChI is InChI=1S/C14H10BrClFNO/c1-8-5-6-9(15)12(7-8)18-14(19)13-10(16)3-2-4-11(13)17/h2-7H,1H3,(H,18,19). The van der Waals surface area contributed by atoms with Gasteiger partial charge in [0.2, 0.25) is 0 Å². The van der Waals surface area contributed by atoms with Crippen molar-refractivity contribution in [2.75, 3.05) is 5.32 Å². The zero-order valence-electron chi connectivity index (χ0n) is 10.0. The number of carbonyl (C=O) groups excluding carboxylic acids is 1. The molecule has 0 heterocycles. The predicted octanol–water partition coefficient (Wildman–Crippen LogP) is 4.80. The van der Waals surface area contributed by atoms with Gasteiger partial charge in [0.15, 0.2) is 0 Å². The van der Waals surface area contributed by atoms with Gasteiger partial charge in [0.05, 0.1) is 16.3 Å². The minimum Gasteiger partial charge on any atom is -0.321 e. The third kappa shape index (κ3) is 3.14. The number of carbonyl (C=O) groups is 1. The summed E-state index contributed by atoms with van der Waals surface area (Å²) in [5.41, 5.74) is 1.40. The van der Waals surface area contributed by atoms with Gasteiger partial charge in [0.25, 0.3) is 5.91 Å². The molecule has 2 aromatic carbocycles. The van der Waals surface area contributed by atoms with E-state index in [1.807, 2.05) is 19.1 Å². The molecule has 0 bridgehead atoms. The molecule has 0 spiro atoms. The molecule has 0 aliphatic carbocycles. The Hall–Kier alpha value is -1.39. The molecule has 0 saturated heterocycles. The van der Waals surface area contributed by atoms with Gasteiger partial charge in [-0.3, -0.25) is 4.79 Å². The molecule has 2 rings (SSSR count). The number of benzene rings is 2. The lowest BCUT2D eigenvalue weighted by Crippen LogP contribution is -2.14. The van der Waals surface area contributed by atoms with Crippen LogP contribution in [-0.2, 0) is 0 Å². The molecule has 0 atom stereocenters. The Bertz CT molecular complexity index is 625. The lowest BCUT2D eigenvalue weighted by Gasteiger charge is -2.10. The summed E-state index contributed by atoms with van der Waals surface area (Å²) in [6.07, 6.45) is 0. The van der Waals surface area contributed by atoms with Crippen molar-refractivity contribution in [1.29, 1.82) is 0 Å². The first-order chi connectivity index (χ1) is 8.99. The van der Waals surface area contributed by atoms with Gasteiger partial charge in [-0.25, -0.2) is 4.39 Å². The molecule has 0 saturated carbocycles. The summed E-state index contributed by atoms with van der Waals surface area (Å²) < 4.78 is 14.3. The Labute approximate surface area is 123 Å². The van der Waals surface area contributed by atoms with Crippen molar-refractivity contribution in [2.45, 2.75) is 6.92 Å². The fourth-order valence-electron chi connectivity index (χ4n) is 1.63. The molecule has 0 radical (unpaired) electrons. The first kappa shape index (κ1) is 14.0. The second-order valence-electron chi connectivity index (χ2n) is 4.03. The summed E-state index contributed by atoms with van der Waals surface area (Å²) in [5, 5.41) is 2.72. The molecular weight excluding hydrogens is 333 g/mol. The number of hydrogen-bond donors (Lipinski definition) is 1. The zero-order chi connectivity index (χ0) is 14.0. The van der Waals surface area contributed by atoms with Crippen LogP contribution in [0.4, 0.5) is 10.1 Å². The Morgan fingerprint density at radius 3 is 2.74 bits per heavy atom. The van der Waals surface area contributed by atoms with Crippen molar-refractivity contribution in [1.82, 2.24) is 0 Å². The summed E-state index contributed by atoms with van der Waals surface area (Å²) in [6, 6.07) is 9.63. The topological polar surface area (TPSA) is 29.1 Å². The van der Waals surface area contributed by atoms with E-state index in [9.17, 15) is 9.18 Å². The van der Waals surface area contributed by atoms with Crippen LogP contribution in [0, 0.1) is 12.7 Å². The molecule has 0 fully saturated rings. The van der Waals surface area contributed by atoms with Crippen molar-refractivity contribution in [3.63, 3.8) is 0 Å². The van der Waals surface area contributed by atoms with E-state index in [4.69, 9.17) is 11.6 Å². The fourth-order valence-corrected chi connectivity index (χ4v) is 2.23. The third-order valence-corrected chi connectivity index (χ3v) is 3.57. The van der Waals surface area contributed by atoms with E-state index in [0.717, 1.165) is 10.0 Å². The largest absolute Gasteiger partial charge is 0.321 e. The number of halogens is 3. The molecule has 2 aromatic rings. The number of aryl methyl sites for hydroxylation is 1. The van der Waals surface area contributed by atoms with Crippen LogP contribution in [0.2, 0.25) is 5.02 Å². The van der Waals surface area contributed by atoms with Gasteiger partial charge < -0.3 is 5.32 Å². The van der Waals surface area contributed by atoms with Gasteiger partial charge in [0, 0.05) is 4.47 Å². The average molecular weight is 343 g/mol. The molecule has 98 valence electrons. The minimum atomic E-state index is -0.645. The normalized spacial score (nSPS) is 10.3. The highest BCUT2D eigenvalue weighted by Gasteiger charge is 2.16. The molecule has 5 heteroatoms. The lowest BCUT2D eigenvalue weighted by atomic mass is 10.1. The highest BCUT2D eigenvalue weighted by molar-refractivity contribution is 9.10. The third-order valence-electron chi connectivity index (χ3n) is 2.56. The lowest BCUT2D eigenvalue weighted by molar-refractivity contribution is 0.102. The number of rotatable bonds is 2. The van der Waals surface area contributed by atoms with Crippen LogP contribution in [0.15, 0.2) is 40.9 Å². The summed E-state index contributed by atoms with van der Waals surface area (Å²) >= 11 is 9.18. The highest BCUT2D eigenvalue weighted by atomic mass is 79.9. The number of amides is 1. The Kier molecular flexibility index (Phi) is 4.22. The van der Waals surface area contributed by atoms with Crippen LogP contribution in [0.1, 0.15) is 15.9 Å². The van der Waals surface area contributed by atoms with Gasteiger partial charge >= 0.3 is 0 Å². The van der Waals surface area contributed by atoms with Gasteiger partial charge in [-0.15, -0.1) is 0 Å². The van der Waals surface area contributed by atoms with Crippen molar-refractivity contribution in [3.8, 4) is 0 Å². The predicted molar refractivity (Wildman–Crippen MR) is 78.2 cm³/mol. The monoisotopic (exact) mass is 341 g/mol. The van der Waals surface area contributed by atoms with Gasteiger partial charge in [-0.1, -0.05) is 23.7 Å². The van der Waals surface area contributed by atoms with E-state index in [0.29, 0.717) is 5.69 Å². The molecule has 1 N–H and O–H groups in total. The van der Waals surface area contributed by atoms with Crippen LogP contribution in [-0.4, -0.2) is 5.91 Å². The van der Waals surface area contributed by atoms with Crippen LogP contribution in [0.3, 0.4) is 0 Å². The minimum absolute atomic E-state index is 0.0845. The Balaban J connectivity index is 2.34. The van der Waals surface area contributed by atoms with Crippen molar-refractivity contribution < 1.29 is 9.18 Å². The summed E-state index contributed by atoms with van der Waals surface area (Å²) in [5.74, 6) is -1.22. The molecular formula is C14H10BrClFNO. The van der Waals surface area contributed by atoms with Gasteiger partial charge in [-0.2, -0.15) is 0 Å². The van der Waals surface area contributed by atoms with E-state index in [1.54, 1.807) is 6.07 Å². The number of nitrogens with one attached hydrogen (secondary N) is 1. The van der Waals surface area contributed by atoms with Crippen LogP contribution in [0.25, 0.3) is 0 Å². The highest BCUT2D eigenvalue weighted by Crippen LogP contribution is 2.26. The molecule has 0 unspecified atom stereocenters. The summed E-state index contributed by atoms with van der Waals surface area (Å²) in [4.78, 5) is 12.1. The van der Waals surface area contributed by atoms with Crippen LogP contribution in [0.5, 0.6) is 0 Å². The van der Waals surface area contributed by atoms with E-state index >= 15 is 0 Å². The van der Waals surface area contributed by atoms with Crippen LogP contribution >= 0.6 is 27.5 Å². The Morgan fingerprint density at radius 1 is 1.32 bits per heavy atom.